The van der Waals surface area contributed by atoms with Gasteiger partial charge in [0.05, 0.1) is 23.0 Å². The zero-order chi connectivity index (χ0) is 20.4. The van der Waals surface area contributed by atoms with E-state index in [1.807, 2.05) is 14.1 Å². The third-order valence-corrected chi connectivity index (χ3v) is 4.71. The van der Waals surface area contributed by atoms with Crippen LogP contribution in [0, 0.1) is 5.82 Å². The van der Waals surface area contributed by atoms with Crippen LogP contribution in [0.15, 0.2) is 24.7 Å². The lowest BCUT2D eigenvalue weighted by molar-refractivity contribution is 0.0785. The molecular formula is C19H23FN6O2. The highest BCUT2D eigenvalue weighted by atomic mass is 19.1. The average molecular weight is 386 g/mol. The summed E-state index contributed by atoms with van der Waals surface area (Å²) in [6.45, 7) is 0.820. The molecule has 2 amide bonds. The highest BCUT2D eigenvalue weighted by Gasteiger charge is 2.33. The van der Waals surface area contributed by atoms with Crippen molar-refractivity contribution >= 4 is 17.8 Å². The summed E-state index contributed by atoms with van der Waals surface area (Å²) < 4.78 is 13.9. The van der Waals surface area contributed by atoms with E-state index in [0.717, 1.165) is 6.20 Å². The summed E-state index contributed by atoms with van der Waals surface area (Å²) in [5, 5.41) is 0. The molecule has 28 heavy (non-hydrogen) atoms. The Bertz CT molecular complexity index is 902. The van der Waals surface area contributed by atoms with Crippen molar-refractivity contribution < 1.29 is 14.0 Å². The molecule has 0 aliphatic carbocycles. The largest absolute Gasteiger partial charge is 0.347 e. The van der Waals surface area contributed by atoms with E-state index in [9.17, 15) is 14.0 Å². The van der Waals surface area contributed by atoms with Crippen LogP contribution >= 0.6 is 0 Å². The number of carbonyl (C=O) groups is 2. The van der Waals surface area contributed by atoms with Gasteiger partial charge in [-0.05, 0) is 12.5 Å². The molecule has 1 unspecified atom stereocenters. The summed E-state index contributed by atoms with van der Waals surface area (Å²) in [6.07, 6.45) is 4.59. The van der Waals surface area contributed by atoms with Crippen LogP contribution in [0.25, 0.3) is 0 Å². The van der Waals surface area contributed by atoms with Crippen LogP contribution in [0.5, 0.6) is 0 Å². The monoisotopic (exact) mass is 386 g/mol. The SMILES string of the molecule is CN(C)C(=O)c1cnc(N(C)C)nc1C1CCN(C(=O)c2ccncc2F)C1. The summed E-state index contributed by atoms with van der Waals surface area (Å²) in [7, 11) is 6.98. The number of pyridine rings is 1. The van der Waals surface area contributed by atoms with Gasteiger partial charge in [0.15, 0.2) is 5.82 Å². The van der Waals surface area contributed by atoms with Gasteiger partial charge in [0.25, 0.3) is 11.8 Å². The Labute approximate surface area is 163 Å². The van der Waals surface area contributed by atoms with E-state index in [1.165, 1.54) is 23.4 Å². The third kappa shape index (κ3) is 3.78. The molecule has 0 N–H and O–H groups in total. The van der Waals surface area contributed by atoms with Crippen molar-refractivity contribution in [1.29, 1.82) is 0 Å². The summed E-state index contributed by atoms with van der Waals surface area (Å²) in [4.78, 5) is 42.6. The number of likely N-dealkylation sites (tertiary alicyclic amines) is 1. The van der Waals surface area contributed by atoms with Crippen LogP contribution < -0.4 is 4.90 Å². The Morgan fingerprint density at radius 3 is 2.57 bits per heavy atom. The molecule has 2 aromatic heterocycles. The Kier molecular flexibility index (Phi) is 5.53. The minimum Gasteiger partial charge on any atom is -0.347 e. The highest BCUT2D eigenvalue weighted by molar-refractivity contribution is 5.96. The van der Waals surface area contributed by atoms with E-state index < -0.39 is 5.82 Å². The lowest BCUT2D eigenvalue weighted by atomic mass is 9.99. The van der Waals surface area contributed by atoms with Gasteiger partial charge in [-0.1, -0.05) is 0 Å². The number of anilines is 1. The van der Waals surface area contributed by atoms with Crippen molar-refractivity contribution in [2.24, 2.45) is 0 Å². The van der Waals surface area contributed by atoms with Gasteiger partial charge in [-0.15, -0.1) is 0 Å². The summed E-state index contributed by atoms with van der Waals surface area (Å²) in [5.74, 6) is -0.851. The lowest BCUT2D eigenvalue weighted by Gasteiger charge is -2.20. The number of amides is 2. The smallest absolute Gasteiger partial charge is 0.256 e. The zero-order valence-electron chi connectivity index (χ0n) is 16.4. The Morgan fingerprint density at radius 1 is 1.18 bits per heavy atom. The predicted octanol–water partition coefficient (Wildman–Crippen LogP) is 1.41. The fourth-order valence-electron chi connectivity index (χ4n) is 3.20. The molecule has 3 heterocycles. The molecule has 2 aromatic rings. The Hall–Kier alpha value is -3.10. The van der Waals surface area contributed by atoms with Crippen LogP contribution in [0.1, 0.15) is 38.7 Å². The minimum atomic E-state index is -0.642. The molecule has 0 saturated carbocycles. The topological polar surface area (TPSA) is 82.5 Å². The van der Waals surface area contributed by atoms with E-state index in [4.69, 9.17) is 0 Å². The number of rotatable bonds is 4. The summed E-state index contributed by atoms with van der Waals surface area (Å²) in [6, 6.07) is 1.38. The predicted molar refractivity (Wildman–Crippen MR) is 102 cm³/mol. The van der Waals surface area contributed by atoms with Gasteiger partial charge in [-0.2, -0.15) is 0 Å². The quantitative estimate of drug-likeness (QED) is 0.790. The fraction of sp³-hybridized carbons (Fsp3) is 0.421. The molecule has 0 aromatic carbocycles. The lowest BCUT2D eigenvalue weighted by Crippen LogP contribution is -2.30. The van der Waals surface area contributed by atoms with E-state index in [-0.39, 0.29) is 23.3 Å². The van der Waals surface area contributed by atoms with Crippen LogP contribution in [0.2, 0.25) is 0 Å². The van der Waals surface area contributed by atoms with Crippen molar-refractivity contribution in [1.82, 2.24) is 24.8 Å². The number of nitrogens with zero attached hydrogens (tertiary/aromatic N) is 6. The molecule has 1 aliphatic rings. The number of carbonyl (C=O) groups excluding carboxylic acids is 2. The molecule has 3 rings (SSSR count). The standard InChI is InChI=1S/C19H23FN6O2/c1-24(2)17(27)14-9-22-19(25(3)4)23-16(14)12-6-8-26(11-12)18(28)13-5-7-21-10-15(13)20/h5,7,9-10,12H,6,8,11H2,1-4H3. The summed E-state index contributed by atoms with van der Waals surface area (Å²) >= 11 is 0. The maximum atomic E-state index is 13.9. The molecule has 1 atom stereocenters. The summed E-state index contributed by atoms with van der Waals surface area (Å²) in [5.41, 5.74) is 1.03. The van der Waals surface area contributed by atoms with Crippen LogP contribution in [-0.4, -0.2) is 77.8 Å². The van der Waals surface area contributed by atoms with Gasteiger partial charge in [-0.3, -0.25) is 14.6 Å². The first-order valence-electron chi connectivity index (χ1n) is 8.94. The number of halogens is 1. The zero-order valence-corrected chi connectivity index (χ0v) is 16.4. The number of hydrogen-bond acceptors (Lipinski definition) is 6. The van der Waals surface area contributed by atoms with Crippen molar-refractivity contribution in [3.05, 3.63) is 47.3 Å². The van der Waals surface area contributed by atoms with Gasteiger partial charge in [0, 0.05) is 59.6 Å². The molecule has 0 spiro atoms. The van der Waals surface area contributed by atoms with Crippen molar-refractivity contribution in [2.75, 3.05) is 46.2 Å². The van der Waals surface area contributed by atoms with Gasteiger partial charge in [0.1, 0.15) is 0 Å². The molecule has 1 aliphatic heterocycles. The highest BCUT2D eigenvalue weighted by Crippen LogP contribution is 2.30. The molecule has 0 radical (unpaired) electrons. The van der Waals surface area contributed by atoms with Crippen molar-refractivity contribution in [3.8, 4) is 0 Å². The molecular weight excluding hydrogens is 363 g/mol. The first-order valence-corrected chi connectivity index (χ1v) is 8.94. The third-order valence-electron chi connectivity index (χ3n) is 4.71. The second kappa shape index (κ2) is 7.87. The van der Waals surface area contributed by atoms with E-state index in [2.05, 4.69) is 15.0 Å². The first-order chi connectivity index (χ1) is 13.3. The Morgan fingerprint density at radius 2 is 1.93 bits per heavy atom. The van der Waals surface area contributed by atoms with Gasteiger partial charge in [0.2, 0.25) is 5.95 Å². The van der Waals surface area contributed by atoms with E-state index >= 15 is 0 Å². The van der Waals surface area contributed by atoms with Crippen LogP contribution in [-0.2, 0) is 0 Å². The number of hydrogen-bond donors (Lipinski definition) is 0. The van der Waals surface area contributed by atoms with E-state index in [1.54, 1.807) is 23.9 Å². The normalized spacial score (nSPS) is 16.2. The van der Waals surface area contributed by atoms with Gasteiger partial charge < -0.3 is 14.7 Å². The van der Waals surface area contributed by atoms with Crippen molar-refractivity contribution in [2.45, 2.75) is 12.3 Å². The van der Waals surface area contributed by atoms with Crippen LogP contribution in [0.3, 0.4) is 0 Å². The maximum Gasteiger partial charge on any atom is 0.256 e. The fourth-order valence-corrected chi connectivity index (χ4v) is 3.20. The maximum absolute atomic E-state index is 13.9. The van der Waals surface area contributed by atoms with Gasteiger partial charge >= 0.3 is 0 Å². The molecule has 8 nitrogen and oxygen atoms in total. The second-order valence-electron chi connectivity index (χ2n) is 7.16. The van der Waals surface area contributed by atoms with Crippen LogP contribution in [0.4, 0.5) is 10.3 Å². The Balaban J connectivity index is 1.90. The molecule has 0 bridgehead atoms. The second-order valence-corrected chi connectivity index (χ2v) is 7.16. The van der Waals surface area contributed by atoms with Gasteiger partial charge in [-0.25, -0.2) is 14.4 Å². The molecule has 148 valence electrons. The molecule has 1 fully saturated rings. The minimum absolute atomic E-state index is 0.00286. The number of aromatic nitrogens is 3. The first kappa shape index (κ1) is 19.7. The van der Waals surface area contributed by atoms with Crippen molar-refractivity contribution in [3.63, 3.8) is 0 Å². The van der Waals surface area contributed by atoms with E-state index in [0.29, 0.717) is 36.7 Å². The molecule has 1 saturated heterocycles. The molecule has 9 heteroatoms. The average Bonchev–Trinajstić information content (AvgIpc) is 3.16.